The van der Waals surface area contributed by atoms with Gasteiger partial charge in [-0.2, -0.15) is 0 Å². The van der Waals surface area contributed by atoms with Gasteiger partial charge in [-0.05, 0) is 31.9 Å². The highest BCUT2D eigenvalue weighted by Crippen LogP contribution is 2.28. The highest BCUT2D eigenvalue weighted by Gasteiger charge is 2.18. The number of hydrogen-bond donors (Lipinski definition) is 1. The van der Waals surface area contributed by atoms with Crippen LogP contribution in [-0.4, -0.2) is 11.7 Å². The van der Waals surface area contributed by atoms with Gasteiger partial charge in [-0.1, -0.05) is 42.3 Å². The lowest BCUT2D eigenvalue weighted by Crippen LogP contribution is -2.20. The minimum atomic E-state index is 0.351. The first-order chi connectivity index (χ1) is 9.34. The third-order valence-electron chi connectivity index (χ3n) is 3.86. The van der Waals surface area contributed by atoms with Crippen LogP contribution in [0.2, 0.25) is 0 Å². The predicted molar refractivity (Wildman–Crippen MR) is 75.9 cm³/mol. The molecule has 2 aromatic rings. The van der Waals surface area contributed by atoms with Gasteiger partial charge in [0.15, 0.2) is 5.76 Å². The van der Waals surface area contributed by atoms with Gasteiger partial charge < -0.3 is 9.84 Å². The van der Waals surface area contributed by atoms with Crippen molar-refractivity contribution in [2.45, 2.75) is 38.6 Å². The molecule has 1 aromatic heterocycles. The van der Waals surface area contributed by atoms with Gasteiger partial charge in [0.1, 0.15) is 5.69 Å². The van der Waals surface area contributed by atoms with Gasteiger partial charge >= 0.3 is 0 Å². The van der Waals surface area contributed by atoms with E-state index in [9.17, 15) is 0 Å². The molecule has 0 amide bonds. The van der Waals surface area contributed by atoms with Crippen LogP contribution in [-0.2, 0) is 0 Å². The van der Waals surface area contributed by atoms with E-state index in [0.29, 0.717) is 6.04 Å². The van der Waals surface area contributed by atoms with Gasteiger partial charge in [0.05, 0.1) is 6.04 Å². The van der Waals surface area contributed by atoms with Crippen LogP contribution < -0.4 is 5.32 Å². The van der Waals surface area contributed by atoms with Crippen LogP contribution in [0.15, 0.2) is 34.9 Å². The SMILES string of the molecule is Cc1ccccc1-c1cc(C2CCCCCN2)no1. The van der Waals surface area contributed by atoms with E-state index in [2.05, 4.69) is 35.6 Å². The largest absolute Gasteiger partial charge is 0.356 e. The van der Waals surface area contributed by atoms with Gasteiger partial charge in [-0.15, -0.1) is 0 Å². The number of nitrogens with one attached hydrogen (secondary N) is 1. The molecule has 3 nitrogen and oxygen atoms in total. The van der Waals surface area contributed by atoms with E-state index in [-0.39, 0.29) is 0 Å². The molecule has 19 heavy (non-hydrogen) atoms. The summed E-state index contributed by atoms with van der Waals surface area (Å²) in [6, 6.07) is 10.7. The first-order valence-corrected chi connectivity index (χ1v) is 7.10. The van der Waals surface area contributed by atoms with E-state index < -0.39 is 0 Å². The monoisotopic (exact) mass is 256 g/mol. The van der Waals surface area contributed by atoms with Crippen molar-refractivity contribution in [2.24, 2.45) is 0 Å². The topological polar surface area (TPSA) is 38.1 Å². The van der Waals surface area contributed by atoms with Crippen molar-refractivity contribution in [1.29, 1.82) is 0 Å². The van der Waals surface area contributed by atoms with Crippen molar-refractivity contribution in [1.82, 2.24) is 10.5 Å². The Hall–Kier alpha value is -1.61. The average Bonchev–Trinajstić information content (AvgIpc) is 2.75. The van der Waals surface area contributed by atoms with Crippen LogP contribution in [0.25, 0.3) is 11.3 Å². The molecule has 0 radical (unpaired) electrons. The summed E-state index contributed by atoms with van der Waals surface area (Å²) in [5, 5.41) is 7.82. The minimum absolute atomic E-state index is 0.351. The number of nitrogens with zero attached hydrogens (tertiary/aromatic N) is 1. The molecule has 100 valence electrons. The molecule has 1 saturated heterocycles. The predicted octanol–water partition coefficient (Wildman–Crippen LogP) is 3.85. The molecule has 0 aliphatic carbocycles. The molecule has 3 heteroatoms. The zero-order valence-electron chi connectivity index (χ0n) is 11.4. The molecule has 1 unspecified atom stereocenters. The lowest BCUT2D eigenvalue weighted by atomic mass is 10.0. The van der Waals surface area contributed by atoms with Gasteiger partial charge in [-0.25, -0.2) is 0 Å². The Kier molecular flexibility index (Phi) is 3.65. The second-order valence-electron chi connectivity index (χ2n) is 5.29. The molecule has 1 N–H and O–H groups in total. The fourth-order valence-corrected chi connectivity index (χ4v) is 2.71. The third-order valence-corrected chi connectivity index (χ3v) is 3.86. The van der Waals surface area contributed by atoms with E-state index in [1.165, 1.54) is 24.8 Å². The van der Waals surface area contributed by atoms with Crippen LogP contribution in [0.4, 0.5) is 0 Å². The first-order valence-electron chi connectivity index (χ1n) is 7.10. The normalized spacial score (nSPS) is 20.2. The number of hydrogen-bond acceptors (Lipinski definition) is 3. The summed E-state index contributed by atoms with van der Waals surface area (Å²) in [6.07, 6.45) is 5.00. The Balaban J connectivity index is 1.85. The lowest BCUT2D eigenvalue weighted by Gasteiger charge is -2.11. The number of benzene rings is 1. The van der Waals surface area contributed by atoms with Crippen LogP contribution in [0.1, 0.15) is 43.0 Å². The van der Waals surface area contributed by atoms with Gasteiger partial charge in [0, 0.05) is 11.6 Å². The maximum Gasteiger partial charge on any atom is 0.167 e. The Morgan fingerprint density at radius 3 is 3.00 bits per heavy atom. The molecule has 2 heterocycles. The summed E-state index contributed by atoms with van der Waals surface area (Å²) in [4.78, 5) is 0. The Morgan fingerprint density at radius 2 is 2.11 bits per heavy atom. The lowest BCUT2D eigenvalue weighted by molar-refractivity contribution is 0.402. The highest BCUT2D eigenvalue weighted by molar-refractivity contribution is 5.61. The van der Waals surface area contributed by atoms with Crippen molar-refractivity contribution in [3.05, 3.63) is 41.6 Å². The first kappa shape index (κ1) is 12.4. The van der Waals surface area contributed by atoms with E-state index in [1.807, 2.05) is 12.1 Å². The molecule has 0 spiro atoms. The van der Waals surface area contributed by atoms with E-state index in [0.717, 1.165) is 30.0 Å². The smallest absolute Gasteiger partial charge is 0.167 e. The maximum atomic E-state index is 5.54. The second-order valence-corrected chi connectivity index (χ2v) is 5.29. The minimum Gasteiger partial charge on any atom is -0.356 e. The molecule has 0 saturated carbocycles. The average molecular weight is 256 g/mol. The second kappa shape index (κ2) is 5.57. The van der Waals surface area contributed by atoms with Crippen molar-refractivity contribution < 1.29 is 4.52 Å². The zero-order chi connectivity index (χ0) is 13.1. The van der Waals surface area contributed by atoms with E-state index >= 15 is 0 Å². The summed E-state index contributed by atoms with van der Waals surface area (Å²) >= 11 is 0. The molecule has 1 atom stereocenters. The molecule has 1 aliphatic heterocycles. The molecule has 0 bridgehead atoms. The number of aryl methyl sites for hydroxylation is 1. The summed E-state index contributed by atoms with van der Waals surface area (Å²) in [7, 11) is 0. The van der Waals surface area contributed by atoms with Crippen LogP contribution in [0.3, 0.4) is 0 Å². The van der Waals surface area contributed by atoms with Gasteiger partial charge in [-0.3, -0.25) is 0 Å². The summed E-state index contributed by atoms with van der Waals surface area (Å²) in [6.45, 7) is 3.18. The van der Waals surface area contributed by atoms with Crippen molar-refractivity contribution in [3.8, 4) is 11.3 Å². The highest BCUT2D eigenvalue weighted by atomic mass is 16.5. The number of rotatable bonds is 2. The molecular formula is C16H20N2O. The fraction of sp³-hybridized carbons (Fsp3) is 0.438. The fourth-order valence-electron chi connectivity index (χ4n) is 2.71. The Bertz CT molecular complexity index is 539. The van der Waals surface area contributed by atoms with Crippen molar-refractivity contribution in [2.75, 3.05) is 6.54 Å². The molecule has 1 fully saturated rings. The molecular weight excluding hydrogens is 236 g/mol. The van der Waals surface area contributed by atoms with Crippen molar-refractivity contribution in [3.63, 3.8) is 0 Å². The quantitative estimate of drug-likeness (QED) is 0.886. The standard InChI is InChI=1S/C16H20N2O/c1-12-7-4-5-8-13(12)16-11-15(18-19-16)14-9-3-2-6-10-17-14/h4-5,7-8,11,14,17H,2-3,6,9-10H2,1H3. The zero-order valence-corrected chi connectivity index (χ0v) is 11.4. The third kappa shape index (κ3) is 2.71. The van der Waals surface area contributed by atoms with Crippen LogP contribution >= 0.6 is 0 Å². The summed E-state index contributed by atoms with van der Waals surface area (Å²) in [5.74, 6) is 0.874. The summed E-state index contributed by atoms with van der Waals surface area (Å²) in [5.41, 5.74) is 3.40. The molecule has 3 rings (SSSR count). The summed E-state index contributed by atoms with van der Waals surface area (Å²) < 4.78 is 5.54. The maximum absolute atomic E-state index is 5.54. The number of aromatic nitrogens is 1. The Labute approximate surface area is 114 Å². The Morgan fingerprint density at radius 1 is 1.21 bits per heavy atom. The van der Waals surface area contributed by atoms with Crippen molar-refractivity contribution >= 4 is 0 Å². The van der Waals surface area contributed by atoms with Crippen LogP contribution in [0, 0.1) is 6.92 Å². The van der Waals surface area contributed by atoms with E-state index in [1.54, 1.807) is 0 Å². The van der Waals surface area contributed by atoms with Gasteiger partial charge in [0.25, 0.3) is 0 Å². The van der Waals surface area contributed by atoms with Crippen LogP contribution in [0.5, 0.6) is 0 Å². The molecule has 1 aliphatic rings. The molecule has 1 aromatic carbocycles. The van der Waals surface area contributed by atoms with E-state index in [4.69, 9.17) is 4.52 Å². The van der Waals surface area contributed by atoms with Gasteiger partial charge in [0.2, 0.25) is 0 Å².